The summed E-state index contributed by atoms with van der Waals surface area (Å²) in [5, 5.41) is 4.95. The van der Waals surface area contributed by atoms with E-state index in [-0.39, 0.29) is 11.1 Å². The second-order valence-corrected chi connectivity index (χ2v) is 5.79. The van der Waals surface area contributed by atoms with Gasteiger partial charge in [0.15, 0.2) is 0 Å². The number of para-hydroxylation sites is 1. The average molecular weight is 358 g/mol. The highest BCUT2D eigenvalue weighted by Crippen LogP contribution is 2.30. The number of nitrogens with zero attached hydrogens (tertiary/aromatic N) is 4. The minimum atomic E-state index is -4.53. The zero-order valence-electron chi connectivity index (χ0n) is 13.7. The van der Waals surface area contributed by atoms with Crippen LogP contribution in [-0.2, 0) is 12.7 Å². The Morgan fingerprint density at radius 1 is 1.12 bits per heavy atom. The van der Waals surface area contributed by atoms with Gasteiger partial charge in [0.1, 0.15) is 11.3 Å². The van der Waals surface area contributed by atoms with E-state index in [1.54, 1.807) is 39.4 Å². The molecule has 8 heteroatoms. The number of alkyl halides is 3. The third-order valence-electron chi connectivity index (χ3n) is 4.24. The molecule has 0 saturated heterocycles. The Morgan fingerprint density at radius 3 is 2.62 bits per heavy atom. The van der Waals surface area contributed by atoms with Crippen molar-refractivity contribution in [1.29, 1.82) is 0 Å². The molecule has 3 heterocycles. The summed E-state index contributed by atoms with van der Waals surface area (Å²) in [6, 6.07) is 11.1. The van der Waals surface area contributed by atoms with Crippen LogP contribution >= 0.6 is 0 Å². The molecule has 4 aromatic rings. The monoisotopic (exact) mass is 358 g/mol. The molecule has 0 spiro atoms. The fourth-order valence-electron chi connectivity index (χ4n) is 3.02. The summed E-state index contributed by atoms with van der Waals surface area (Å²) in [6.45, 7) is 2.25. The zero-order chi connectivity index (χ0) is 18.5. The number of hydrogen-bond donors (Lipinski definition) is 0. The van der Waals surface area contributed by atoms with E-state index in [0.29, 0.717) is 28.8 Å². The first kappa shape index (κ1) is 16.3. The van der Waals surface area contributed by atoms with Crippen molar-refractivity contribution >= 4 is 16.6 Å². The molecule has 1 aromatic carbocycles. The van der Waals surface area contributed by atoms with Crippen molar-refractivity contribution in [1.82, 2.24) is 19.2 Å². The fraction of sp³-hybridized carbons (Fsp3) is 0.167. The number of pyridine rings is 1. The maximum Gasteiger partial charge on any atom is 0.433 e. The van der Waals surface area contributed by atoms with Crippen LogP contribution in [0.1, 0.15) is 12.6 Å². The molecule has 0 N–H and O–H groups in total. The van der Waals surface area contributed by atoms with Crippen molar-refractivity contribution in [3.8, 4) is 11.3 Å². The number of halogens is 3. The number of rotatable bonds is 2. The SMILES string of the molecule is CCn1c(=O)c2ccccc2n2nc(-c3ccnc(C(F)(F)F)c3)cc12. The maximum atomic E-state index is 12.9. The van der Waals surface area contributed by atoms with Crippen LogP contribution in [0.3, 0.4) is 0 Å². The lowest BCUT2D eigenvalue weighted by Crippen LogP contribution is -2.21. The number of benzene rings is 1. The van der Waals surface area contributed by atoms with Gasteiger partial charge in [0.25, 0.3) is 5.56 Å². The number of aromatic nitrogens is 4. The first-order chi connectivity index (χ1) is 12.4. The summed E-state index contributed by atoms with van der Waals surface area (Å²) < 4.78 is 41.9. The highest BCUT2D eigenvalue weighted by molar-refractivity contribution is 5.81. The number of fused-ring (bicyclic) bond motifs is 3. The Kier molecular flexibility index (Phi) is 3.57. The predicted octanol–water partition coefficient (Wildman–Crippen LogP) is 3.75. The minimum absolute atomic E-state index is 0.159. The highest BCUT2D eigenvalue weighted by atomic mass is 19.4. The molecule has 0 aliphatic carbocycles. The van der Waals surface area contributed by atoms with Gasteiger partial charge in [-0.05, 0) is 31.2 Å². The topological polar surface area (TPSA) is 52.2 Å². The molecule has 0 atom stereocenters. The molecule has 3 aromatic heterocycles. The molecule has 0 amide bonds. The van der Waals surface area contributed by atoms with Crippen LogP contribution in [0.5, 0.6) is 0 Å². The van der Waals surface area contributed by atoms with E-state index >= 15 is 0 Å². The van der Waals surface area contributed by atoms with Crippen LogP contribution < -0.4 is 5.56 Å². The quantitative estimate of drug-likeness (QED) is 0.548. The highest BCUT2D eigenvalue weighted by Gasteiger charge is 2.32. The summed E-state index contributed by atoms with van der Waals surface area (Å²) in [6.07, 6.45) is -3.43. The normalized spacial score (nSPS) is 12.2. The predicted molar refractivity (Wildman–Crippen MR) is 90.9 cm³/mol. The van der Waals surface area contributed by atoms with E-state index in [2.05, 4.69) is 10.1 Å². The smallest absolute Gasteiger partial charge is 0.293 e. The second-order valence-electron chi connectivity index (χ2n) is 5.79. The summed E-state index contributed by atoms with van der Waals surface area (Å²) in [4.78, 5) is 16.0. The van der Waals surface area contributed by atoms with E-state index in [1.807, 2.05) is 6.92 Å². The first-order valence-electron chi connectivity index (χ1n) is 7.95. The van der Waals surface area contributed by atoms with E-state index < -0.39 is 11.9 Å². The van der Waals surface area contributed by atoms with E-state index in [9.17, 15) is 18.0 Å². The molecule has 4 rings (SSSR count). The number of aryl methyl sites for hydroxylation is 1. The molecule has 5 nitrogen and oxygen atoms in total. The molecular weight excluding hydrogens is 345 g/mol. The maximum absolute atomic E-state index is 12.9. The van der Waals surface area contributed by atoms with Crippen LogP contribution in [0.25, 0.3) is 27.8 Å². The van der Waals surface area contributed by atoms with Gasteiger partial charge in [-0.3, -0.25) is 14.3 Å². The van der Waals surface area contributed by atoms with Gasteiger partial charge in [0, 0.05) is 24.4 Å². The van der Waals surface area contributed by atoms with Crippen molar-refractivity contribution in [2.24, 2.45) is 0 Å². The molecule has 0 aliphatic heterocycles. The van der Waals surface area contributed by atoms with Gasteiger partial charge in [-0.2, -0.15) is 18.3 Å². The summed E-state index contributed by atoms with van der Waals surface area (Å²) in [7, 11) is 0. The van der Waals surface area contributed by atoms with Gasteiger partial charge < -0.3 is 0 Å². The average Bonchev–Trinajstić information content (AvgIpc) is 3.07. The van der Waals surface area contributed by atoms with Gasteiger partial charge in [0.05, 0.1) is 16.6 Å². The Bertz CT molecular complexity index is 1190. The second kappa shape index (κ2) is 5.69. The molecule has 132 valence electrons. The Balaban J connectivity index is 2.02. The molecule has 0 aliphatic rings. The lowest BCUT2D eigenvalue weighted by Gasteiger charge is -2.08. The lowest BCUT2D eigenvalue weighted by molar-refractivity contribution is -0.141. The van der Waals surface area contributed by atoms with Gasteiger partial charge >= 0.3 is 6.18 Å². The third kappa shape index (κ3) is 2.45. The van der Waals surface area contributed by atoms with Crippen LogP contribution in [0.15, 0.2) is 53.5 Å². The largest absolute Gasteiger partial charge is 0.433 e. The van der Waals surface area contributed by atoms with Crippen molar-refractivity contribution in [2.75, 3.05) is 0 Å². The molecule has 0 radical (unpaired) electrons. The summed E-state index contributed by atoms with van der Waals surface area (Å²) >= 11 is 0. The van der Waals surface area contributed by atoms with Gasteiger partial charge in [-0.25, -0.2) is 4.52 Å². The molecule has 0 fully saturated rings. The van der Waals surface area contributed by atoms with Crippen LogP contribution in [-0.4, -0.2) is 19.2 Å². The van der Waals surface area contributed by atoms with Crippen LogP contribution in [0.4, 0.5) is 13.2 Å². The lowest BCUT2D eigenvalue weighted by atomic mass is 10.1. The van der Waals surface area contributed by atoms with Crippen molar-refractivity contribution in [3.05, 3.63) is 64.7 Å². The van der Waals surface area contributed by atoms with Crippen molar-refractivity contribution in [3.63, 3.8) is 0 Å². The summed E-state index contributed by atoms with van der Waals surface area (Å²) in [5.74, 6) is 0. The minimum Gasteiger partial charge on any atom is -0.293 e. The van der Waals surface area contributed by atoms with Crippen molar-refractivity contribution in [2.45, 2.75) is 19.6 Å². The molecule has 0 unspecified atom stereocenters. The van der Waals surface area contributed by atoms with Gasteiger partial charge in [0.2, 0.25) is 0 Å². The van der Waals surface area contributed by atoms with Gasteiger partial charge in [-0.1, -0.05) is 12.1 Å². The van der Waals surface area contributed by atoms with Crippen LogP contribution in [0, 0.1) is 0 Å². The molecule has 0 saturated carbocycles. The van der Waals surface area contributed by atoms with E-state index in [0.717, 1.165) is 12.3 Å². The zero-order valence-corrected chi connectivity index (χ0v) is 13.7. The summed E-state index contributed by atoms with van der Waals surface area (Å²) in [5.41, 5.74) is 0.619. The third-order valence-corrected chi connectivity index (χ3v) is 4.24. The first-order valence-corrected chi connectivity index (χ1v) is 7.95. The Morgan fingerprint density at radius 2 is 1.88 bits per heavy atom. The molecule has 0 bridgehead atoms. The van der Waals surface area contributed by atoms with Crippen molar-refractivity contribution < 1.29 is 13.2 Å². The van der Waals surface area contributed by atoms with E-state index in [4.69, 9.17) is 0 Å². The Hall–Kier alpha value is -3.16. The number of hydrogen-bond acceptors (Lipinski definition) is 3. The fourth-order valence-corrected chi connectivity index (χ4v) is 3.02. The molecular formula is C18H13F3N4O. The van der Waals surface area contributed by atoms with Crippen LogP contribution in [0.2, 0.25) is 0 Å². The Labute approximate surface area is 145 Å². The standard InChI is InChI=1S/C18H13F3N4O/c1-2-24-16-10-13(11-7-8-22-15(9-11)18(19,20)21)23-25(16)14-6-4-3-5-12(14)17(24)26/h3-10H,2H2,1H3. The molecule has 26 heavy (non-hydrogen) atoms. The van der Waals surface area contributed by atoms with E-state index in [1.165, 1.54) is 6.07 Å². The van der Waals surface area contributed by atoms with Gasteiger partial charge in [-0.15, -0.1) is 0 Å².